The Morgan fingerprint density at radius 3 is 2.75 bits per heavy atom. The molecule has 1 atom stereocenters. The van der Waals surface area contributed by atoms with Gasteiger partial charge in [-0.25, -0.2) is 0 Å². The number of carbonyl (C=O) groups excluding carboxylic acids is 1. The number of hydrogen-bond acceptors (Lipinski definition) is 7. The van der Waals surface area contributed by atoms with Crippen molar-refractivity contribution < 1.29 is 37.1 Å². The maximum Gasteiger partial charge on any atom is 0.438 e. The van der Waals surface area contributed by atoms with Gasteiger partial charge < -0.3 is 14.3 Å². The lowest BCUT2D eigenvalue weighted by Gasteiger charge is -2.31. The molecule has 9 nitrogen and oxygen atoms in total. The Morgan fingerprint density at radius 2 is 2.07 bits per heavy atom. The number of ether oxygens (including phenoxy) is 1. The van der Waals surface area contributed by atoms with Gasteiger partial charge in [0.1, 0.15) is 12.4 Å². The van der Waals surface area contributed by atoms with Gasteiger partial charge in [-0.1, -0.05) is 12.1 Å². The highest BCUT2D eigenvalue weighted by Gasteiger charge is 2.61. The Hall–Kier alpha value is -3.41. The zero-order valence-corrected chi connectivity index (χ0v) is 13.9. The zero-order chi connectivity index (χ0) is 20.5. The Labute approximate surface area is 154 Å². The summed E-state index contributed by atoms with van der Waals surface area (Å²) in [7, 11) is 0. The number of hydrogen-bond donors (Lipinski definition) is 1. The largest absolute Gasteiger partial charge is 0.479 e. The van der Waals surface area contributed by atoms with Gasteiger partial charge in [-0.15, -0.1) is 0 Å². The number of rotatable bonds is 5. The Balaban J connectivity index is 1.73. The highest BCUT2D eigenvalue weighted by atomic mass is 19.4. The van der Waals surface area contributed by atoms with E-state index in [-0.39, 0.29) is 28.8 Å². The smallest absolute Gasteiger partial charge is 0.438 e. The molecule has 1 aliphatic heterocycles. The summed E-state index contributed by atoms with van der Waals surface area (Å²) < 4.78 is 49.6. The molecule has 0 unspecified atom stereocenters. The highest BCUT2D eigenvalue weighted by molar-refractivity contribution is 5.93. The fourth-order valence-corrected chi connectivity index (χ4v) is 2.44. The van der Waals surface area contributed by atoms with Gasteiger partial charge >= 0.3 is 17.8 Å². The molecule has 0 saturated heterocycles. The number of alkyl halides is 3. The third-order valence-corrected chi connectivity index (χ3v) is 3.87. The maximum atomic E-state index is 13.1. The number of benzene rings is 1. The van der Waals surface area contributed by atoms with Crippen molar-refractivity contribution in [3.8, 4) is 5.75 Å². The van der Waals surface area contributed by atoms with Crippen molar-refractivity contribution in [1.29, 1.82) is 0 Å². The molecule has 1 N–H and O–H groups in total. The van der Waals surface area contributed by atoms with Gasteiger partial charge in [0.25, 0.3) is 5.72 Å². The van der Waals surface area contributed by atoms with Crippen LogP contribution in [0.2, 0.25) is 0 Å². The molecule has 1 aromatic heterocycles. The second-order valence-corrected chi connectivity index (χ2v) is 5.71. The predicted octanol–water partition coefficient (Wildman–Crippen LogP) is 2.85. The van der Waals surface area contributed by atoms with Gasteiger partial charge in [0.2, 0.25) is 0 Å². The summed E-state index contributed by atoms with van der Waals surface area (Å²) in [4.78, 5) is 22.6. The molecule has 1 amide bonds. The molecule has 1 aromatic carbocycles. The molecule has 0 radical (unpaired) electrons. The van der Waals surface area contributed by atoms with Gasteiger partial charge in [-0.2, -0.15) is 23.3 Å². The topological polar surface area (TPSA) is 118 Å². The minimum absolute atomic E-state index is 0.0280. The second-order valence-electron chi connectivity index (χ2n) is 5.71. The minimum Gasteiger partial charge on any atom is -0.479 e. The first-order chi connectivity index (χ1) is 13.1. The Morgan fingerprint density at radius 1 is 1.36 bits per heavy atom. The fraction of sp³-hybridized carbons (Fsp3) is 0.250. The van der Waals surface area contributed by atoms with Crippen LogP contribution in [0.15, 0.2) is 45.9 Å². The fourth-order valence-electron chi connectivity index (χ4n) is 2.44. The number of nitro benzene ring substituents is 1. The van der Waals surface area contributed by atoms with Crippen molar-refractivity contribution >= 4 is 17.8 Å². The van der Waals surface area contributed by atoms with E-state index >= 15 is 0 Å². The van der Waals surface area contributed by atoms with Gasteiger partial charge in [0.05, 0.1) is 4.92 Å². The molecular formula is C16H12F3N3O6. The van der Waals surface area contributed by atoms with Crippen molar-refractivity contribution in [2.75, 3.05) is 0 Å². The molecule has 0 saturated carbocycles. The summed E-state index contributed by atoms with van der Waals surface area (Å²) in [5, 5.41) is 23.9. The summed E-state index contributed by atoms with van der Waals surface area (Å²) in [6.45, 7) is -0.315. The molecule has 2 heterocycles. The number of para-hydroxylation sites is 2. The van der Waals surface area contributed by atoms with Crippen molar-refractivity contribution in [1.82, 2.24) is 5.01 Å². The van der Waals surface area contributed by atoms with E-state index in [0.717, 1.165) is 12.3 Å². The summed E-state index contributed by atoms with van der Waals surface area (Å²) in [5.41, 5.74) is -3.75. The number of halogens is 3. The number of furan rings is 1. The monoisotopic (exact) mass is 399 g/mol. The summed E-state index contributed by atoms with van der Waals surface area (Å²) in [6.07, 6.45) is -5.26. The molecule has 12 heteroatoms. The molecule has 0 spiro atoms. The lowest BCUT2D eigenvalue weighted by molar-refractivity contribution is -0.386. The van der Waals surface area contributed by atoms with Gasteiger partial charge in [0, 0.05) is 18.7 Å². The van der Waals surface area contributed by atoms with E-state index in [4.69, 9.17) is 9.15 Å². The van der Waals surface area contributed by atoms with E-state index in [1.807, 2.05) is 0 Å². The number of nitrogens with zero attached hydrogens (tertiary/aromatic N) is 3. The van der Waals surface area contributed by atoms with E-state index in [0.29, 0.717) is 0 Å². The van der Waals surface area contributed by atoms with Crippen LogP contribution in [-0.4, -0.2) is 39.1 Å². The van der Waals surface area contributed by atoms with Gasteiger partial charge in [-0.05, 0) is 18.2 Å². The van der Waals surface area contributed by atoms with E-state index in [1.54, 1.807) is 0 Å². The number of amides is 1. The second kappa shape index (κ2) is 6.96. The average molecular weight is 399 g/mol. The lowest BCUT2D eigenvalue weighted by Crippen LogP contribution is -2.56. The molecule has 0 bridgehead atoms. The SMILES string of the molecule is O=C(c1ccc(COc2ccccc2[N+](=O)[O-])o1)N1N=CC[C@]1(O)C(F)(F)F. The quantitative estimate of drug-likeness (QED) is 0.610. The predicted molar refractivity (Wildman–Crippen MR) is 86.4 cm³/mol. The third-order valence-electron chi connectivity index (χ3n) is 3.87. The van der Waals surface area contributed by atoms with E-state index in [1.165, 1.54) is 30.3 Å². The van der Waals surface area contributed by atoms with Crippen LogP contribution in [0, 0.1) is 10.1 Å². The summed E-state index contributed by atoms with van der Waals surface area (Å²) in [5.74, 6) is -1.83. The van der Waals surface area contributed by atoms with Crippen molar-refractivity contribution in [3.63, 3.8) is 0 Å². The number of aliphatic hydroxyl groups is 1. The van der Waals surface area contributed by atoms with Gasteiger partial charge in [-0.3, -0.25) is 14.9 Å². The van der Waals surface area contributed by atoms with E-state index < -0.39 is 34.9 Å². The maximum absolute atomic E-state index is 13.1. The molecule has 1 aliphatic rings. The standard InChI is InChI=1S/C16H12F3N3O6/c17-16(18,19)15(24)7-8-20-21(15)14(23)13-6-5-10(28-13)9-27-12-4-2-1-3-11(12)22(25)26/h1-6,8,24H,7,9H2/t15-/m0/s1. The first-order valence-electron chi connectivity index (χ1n) is 7.74. The molecule has 2 aromatic rings. The Bertz CT molecular complexity index is 942. The van der Waals surface area contributed by atoms with Crippen LogP contribution in [0.25, 0.3) is 0 Å². The zero-order valence-electron chi connectivity index (χ0n) is 13.9. The minimum atomic E-state index is -5.12. The first-order valence-corrected chi connectivity index (χ1v) is 7.74. The van der Waals surface area contributed by atoms with Crippen LogP contribution in [0.5, 0.6) is 5.75 Å². The van der Waals surface area contributed by atoms with Crippen LogP contribution >= 0.6 is 0 Å². The van der Waals surface area contributed by atoms with Crippen molar-refractivity contribution in [3.05, 3.63) is 58.0 Å². The van der Waals surface area contributed by atoms with Crippen LogP contribution in [0.1, 0.15) is 22.7 Å². The van der Waals surface area contributed by atoms with E-state index in [2.05, 4.69) is 5.10 Å². The van der Waals surface area contributed by atoms with E-state index in [9.17, 15) is 33.2 Å². The normalized spacial score (nSPS) is 19.1. The molecule has 0 aliphatic carbocycles. The van der Waals surface area contributed by atoms with Gasteiger partial charge in [0.15, 0.2) is 11.5 Å². The van der Waals surface area contributed by atoms with Crippen LogP contribution < -0.4 is 4.74 Å². The molecule has 3 rings (SSSR count). The average Bonchev–Trinajstić information content (AvgIpc) is 3.26. The van der Waals surface area contributed by atoms with Crippen molar-refractivity contribution in [2.24, 2.45) is 5.10 Å². The number of carbonyl (C=O) groups is 1. The van der Waals surface area contributed by atoms with Crippen molar-refractivity contribution in [2.45, 2.75) is 24.9 Å². The molecule has 0 fully saturated rings. The van der Waals surface area contributed by atoms with Crippen LogP contribution in [-0.2, 0) is 6.61 Å². The molecule has 148 valence electrons. The summed E-state index contributed by atoms with van der Waals surface area (Å²) >= 11 is 0. The molecular weight excluding hydrogens is 387 g/mol. The number of nitro groups is 1. The molecule has 28 heavy (non-hydrogen) atoms. The Kier molecular flexibility index (Phi) is 4.81. The number of hydrazone groups is 1. The van der Waals surface area contributed by atoms with Crippen LogP contribution in [0.4, 0.5) is 18.9 Å². The van der Waals surface area contributed by atoms with Crippen LogP contribution in [0.3, 0.4) is 0 Å². The summed E-state index contributed by atoms with van der Waals surface area (Å²) in [6, 6.07) is 7.90. The third kappa shape index (κ3) is 3.41. The first kappa shape index (κ1) is 19.4. The lowest BCUT2D eigenvalue weighted by atomic mass is 10.1. The highest BCUT2D eigenvalue weighted by Crippen LogP contribution is 2.39.